The molecule has 0 bridgehead atoms. The van der Waals surface area contributed by atoms with Crippen LogP contribution in [0, 0.1) is 12.8 Å². The molecule has 20 heavy (non-hydrogen) atoms. The van der Waals surface area contributed by atoms with E-state index in [-0.39, 0.29) is 5.91 Å². The first-order valence-electron chi connectivity index (χ1n) is 7.35. The highest BCUT2D eigenvalue weighted by Crippen LogP contribution is 2.22. The smallest absolute Gasteiger partial charge is 0.221 e. The van der Waals surface area contributed by atoms with Crippen molar-refractivity contribution in [3.63, 3.8) is 0 Å². The molecule has 0 aliphatic carbocycles. The third-order valence-electron chi connectivity index (χ3n) is 3.87. The van der Waals surface area contributed by atoms with E-state index in [1.54, 1.807) is 0 Å². The molecule has 2 N–H and O–H groups in total. The van der Waals surface area contributed by atoms with E-state index in [2.05, 4.69) is 28.6 Å². The van der Waals surface area contributed by atoms with E-state index in [9.17, 15) is 4.79 Å². The fourth-order valence-electron chi connectivity index (χ4n) is 2.76. The average molecular weight is 275 g/mol. The fourth-order valence-corrected chi connectivity index (χ4v) is 2.76. The van der Waals surface area contributed by atoms with Gasteiger partial charge in [0.15, 0.2) is 0 Å². The largest absolute Gasteiger partial charge is 0.385 e. The molecule has 0 saturated carbocycles. The van der Waals surface area contributed by atoms with E-state index in [4.69, 9.17) is 0 Å². The molecular weight excluding hydrogens is 250 g/mol. The predicted octanol–water partition coefficient (Wildman–Crippen LogP) is 2.71. The second-order valence-electron chi connectivity index (χ2n) is 5.86. The number of piperidine rings is 1. The quantitative estimate of drug-likeness (QED) is 0.888. The SMILES string of the molecule is CC(=O)Nc1cc(NCC2CCCN(C)C2)ccc1C. The first kappa shape index (κ1) is 14.9. The zero-order chi connectivity index (χ0) is 14.5. The normalized spacial score (nSPS) is 19.6. The summed E-state index contributed by atoms with van der Waals surface area (Å²) >= 11 is 0. The van der Waals surface area contributed by atoms with Gasteiger partial charge in [-0.05, 0) is 57.0 Å². The Balaban J connectivity index is 1.93. The maximum atomic E-state index is 11.2. The van der Waals surface area contributed by atoms with Gasteiger partial charge in [-0.2, -0.15) is 0 Å². The maximum absolute atomic E-state index is 11.2. The highest BCUT2D eigenvalue weighted by molar-refractivity contribution is 5.90. The Labute approximate surface area is 121 Å². The Morgan fingerprint density at radius 3 is 2.95 bits per heavy atom. The van der Waals surface area contributed by atoms with Crippen LogP contribution in [-0.4, -0.2) is 37.5 Å². The molecular formula is C16H25N3O. The average Bonchev–Trinajstić information content (AvgIpc) is 2.39. The molecule has 1 amide bonds. The molecule has 1 aliphatic rings. The van der Waals surface area contributed by atoms with Crippen molar-refractivity contribution >= 4 is 17.3 Å². The lowest BCUT2D eigenvalue weighted by atomic mass is 9.98. The van der Waals surface area contributed by atoms with Crippen molar-refractivity contribution in [2.24, 2.45) is 5.92 Å². The Morgan fingerprint density at radius 1 is 1.45 bits per heavy atom. The summed E-state index contributed by atoms with van der Waals surface area (Å²) in [7, 11) is 2.19. The van der Waals surface area contributed by atoms with Crippen LogP contribution in [0.4, 0.5) is 11.4 Å². The molecule has 1 unspecified atom stereocenters. The van der Waals surface area contributed by atoms with Gasteiger partial charge in [0, 0.05) is 31.4 Å². The first-order chi connectivity index (χ1) is 9.54. The molecule has 1 fully saturated rings. The Hall–Kier alpha value is -1.55. The Bertz CT molecular complexity index is 473. The molecule has 1 saturated heterocycles. The number of aryl methyl sites for hydroxylation is 1. The van der Waals surface area contributed by atoms with Crippen LogP contribution in [0.2, 0.25) is 0 Å². The van der Waals surface area contributed by atoms with Crippen molar-refractivity contribution in [1.29, 1.82) is 0 Å². The van der Waals surface area contributed by atoms with Gasteiger partial charge in [-0.15, -0.1) is 0 Å². The van der Waals surface area contributed by atoms with Crippen LogP contribution in [0.3, 0.4) is 0 Å². The highest BCUT2D eigenvalue weighted by Gasteiger charge is 2.16. The topological polar surface area (TPSA) is 44.4 Å². The van der Waals surface area contributed by atoms with Crippen molar-refractivity contribution in [1.82, 2.24) is 4.90 Å². The number of rotatable bonds is 4. The van der Waals surface area contributed by atoms with Gasteiger partial charge in [-0.3, -0.25) is 4.79 Å². The van der Waals surface area contributed by atoms with Gasteiger partial charge < -0.3 is 15.5 Å². The van der Waals surface area contributed by atoms with Crippen molar-refractivity contribution in [3.05, 3.63) is 23.8 Å². The first-order valence-corrected chi connectivity index (χ1v) is 7.35. The van der Waals surface area contributed by atoms with Crippen LogP contribution < -0.4 is 10.6 Å². The number of hydrogen-bond donors (Lipinski definition) is 2. The molecule has 1 aliphatic heterocycles. The summed E-state index contributed by atoms with van der Waals surface area (Å²) in [6.07, 6.45) is 2.58. The standard InChI is InChI=1S/C16H25N3O/c1-12-6-7-15(9-16(12)18-13(2)20)17-10-14-5-4-8-19(3)11-14/h6-7,9,14,17H,4-5,8,10-11H2,1-3H3,(H,18,20). The van der Waals surface area contributed by atoms with Crippen molar-refractivity contribution in [2.75, 3.05) is 37.3 Å². The lowest BCUT2D eigenvalue weighted by Crippen LogP contribution is -2.35. The second kappa shape index (κ2) is 6.75. The third kappa shape index (κ3) is 4.23. The van der Waals surface area contributed by atoms with Gasteiger partial charge in [-0.1, -0.05) is 6.07 Å². The summed E-state index contributed by atoms with van der Waals surface area (Å²) in [6.45, 7) is 6.92. The maximum Gasteiger partial charge on any atom is 0.221 e. The molecule has 4 heteroatoms. The molecule has 0 radical (unpaired) electrons. The number of hydrogen-bond acceptors (Lipinski definition) is 3. The molecule has 110 valence electrons. The Kier molecular flexibility index (Phi) is 5.01. The van der Waals surface area contributed by atoms with Crippen LogP contribution in [0.1, 0.15) is 25.3 Å². The second-order valence-corrected chi connectivity index (χ2v) is 5.86. The Morgan fingerprint density at radius 2 is 2.25 bits per heavy atom. The third-order valence-corrected chi connectivity index (χ3v) is 3.87. The number of nitrogens with one attached hydrogen (secondary N) is 2. The highest BCUT2D eigenvalue weighted by atomic mass is 16.1. The minimum atomic E-state index is -0.0286. The van der Waals surface area contributed by atoms with Gasteiger partial charge >= 0.3 is 0 Å². The lowest BCUT2D eigenvalue weighted by Gasteiger charge is -2.30. The van der Waals surface area contributed by atoms with E-state index in [1.165, 1.54) is 26.3 Å². The molecule has 1 aromatic rings. The zero-order valence-electron chi connectivity index (χ0n) is 12.7. The van der Waals surface area contributed by atoms with Gasteiger partial charge in [0.25, 0.3) is 0 Å². The molecule has 0 spiro atoms. The number of carbonyl (C=O) groups is 1. The summed E-state index contributed by atoms with van der Waals surface area (Å²) < 4.78 is 0. The molecule has 0 aromatic heterocycles. The van der Waals surface area contributed by atoms with Crippen molar-refractivity contribution < 1.29 is 4.79 Å². The molecule has 1 heterocycles. The summed E-state index contributed by atoms with van der Waals surface area (Å²) in [4.78, 5) is 13.6. The van der Waals surface area contributed by atoms with Crippen LogP contribution >= 0.6 is 0 Å². The number of benzene rings is 1. The summed E-state index contributed by atoms with van der Waals surface area (Å²) in [5.74, 6) is 0.679. The van der Waals surface area contributed by atoms with Crippen LogP contribution in [0.15, 0.2) is 18.2 Å². The van der Waals surface area contributed by atoms with Gasteiger partial charge in [-0.25, -0.2) is 0 Å². The number of anilines is 2. The van der Waals surface area contributed by atoms with E-state index in [0.29, 0.717) is 5.92 Å². The lowest BCUT2D eigenvalue weighted by molar-refractivity contribution is -0.114. The summed E-state index contributed by atoms with van der Waals surface area (Å²) in [5.41, 5.74) is 3.05. The minimum Gasteiger partial charge on any atom is -0.385 e. The molecule has 1 aromatic carbocycles. The van der Waals surface area contributed by atoms with Gasteiger partial charge in [0.05, 0.1) is 0 Å². The van der Waals surface area contributed by atoms with Gasteiger partial charge in [0.2, 0.25) is 5.91 Å². The number of amides is 1. The van der Waals surface area contributed by atoms with E-state index < -0.39 is 0 Å². The fraction of sp³-hybridized carbons (Fsp3) is 0.562. The molecule has 1 atom stereocenters. The predicted molar refractivity (Wildman–Crippen MR) is 84.2 cm³/mol. The van der Waals surface area contributed by atoms with Crippen LogP contribution in [-0.2, 0) is 4.79 Å². The summed E-state index contributed by atoms with van der Waals surface area (Å²) in [6, 6.07) is 6.14. The van der Waals surface area contributed by atoms with E-state index in [1.807, 2.05) is 19.1 Å². The molecule has 4 nitrogen and oxygen atoms in total. The zero-order valence-corrected chi connectivity index (χ0v) is 12.7. The monoisotopic (exact) mass is 275 g/mol. The number of carbonyl (C=O) groups excluding carboxylic acids is 1. The molecule has 2 rings (SSSR count). The minimum absolute atomic E-state index is 0.0286. The van der Waals surface area contributed by atoms with E-state index >= 15 is 0 Å². The van der Waals surface area contributed by atoms with Crippen LogP contribution in [0.25, 0.3) is 0 Å². The summed E-state index contributed by atoms with van der Waals surface area (Å²) in [5, 5.41) is 6.37. The van der Waals surface area contributed by atoms with E-state index in [0.717, 1.165) is 30.0 Å². The van der Waals surface area contributed by atoms with Gasteiger partial charge in [0.1, 0.15) is 0 Å². The number of likely N-dealkylation sites (tertiary alicyclic amines) is 1. The number of nitrogens with zero attached hydrogens (tertiary/aromatic N) is 1. The van der Waals surface area contributed by atoms with Crippen molar-refractivity contribution in [2.45, 2.75) is 26.7 Å². The van der Waals surface area contributed by atoms with Crippen molar-refractivity contribution in [3.8, 4) is 0 Å². The van der Waals surface area contributed by atoms with Crippen LogP contribution in [0.5, 0.6) is 0 Å².